The van der Waals surface area contributed by atoms with Gasteiger partial charge in [-0.3, -0.25) is 4.79 Å². The molecule has 1 fully saturated rings. The van der Waals surface area contributed by atoms with Crippen molar-refractivity contribution in [2.45, 2.75) is 19.8 Å². The number of carbonyl (C=O) groups excluding carboxylic acids is 1. The minimum absolute atomic E-state index is 0.303. The summed E-state index contributed by atoms with van der Waals surface area (Å²) < 4.78 is 1.08. The van der Waals surface area contributed by atoms with Crippen molar-refractivity contribution in [2.24, 2.45) is 5.92 Å². The van der Waals surface area contributed by atoms with Gasteiger partial charge in [-0.25, -0.2) is 0 Å². The van der Waals surface area contributed by atoms with Gasteiger partial charge in [0, 0.05) is 20.8 Å². The van der Waals surface area contributed by atoms with E-state index in [1.807, 2.05) is 6.07 Å². The number of ketones is 1. The average Bonchev–Trinajstić information content (AvgIpc) is 3.09. The molecular weight excluding hydrogens is 308 g/mol. The zero-order valence-electron chi connectivity index (χ0n) is 10.1. The SMILES string of the molecule is Cc1ccc(Br)c(-c2ccc(C(=O)C3CC3)s2)c1. The van der Waals surface area contributed by atoms with Gasteiger partial charge in [-0.1, -0.05) is 27.6 Å². The molecule has 3 heteroatoms. The quantitative estimate of drug-likeness (QED) is 0.721. The second-order valence-electron chi connectivity index (χ2n) is 4.79. The van der Waals surface area contributed by atoms with Crippen LogP contribution < -0.4 is 0 Å². The number of hydrogen-bond acceptors (Lipinski definition) is 2. The van der Waals surface area contributed by atoms with E-state index in [9.17, 15) is 4.79 Å². The highest BCUT2D eigenvalue weighted by Gasteiger charge is 2.31. The van der Waals surface area contributed by atoms with Crippen LogP contribution in [0.3, 0.4) is 0 Å². The minimum atomic E-state index is 0.303. The maximum absolute atomic E-state index is 12.0. The third kappa shape index (κ3) is 2.29. The highest BCUT2D eigenvalue weighted by molar-refractivity contribution is 9.10. The van der Waals surface area contributed by atoms with Gasteiger partial charge in [0.25, 0.3) is 0 Å². The molecule has 92 valence electrons. The van der Waals surface area contributed by atoms with Crippen molar-refractivity contribution in [3.8, 4) is 10.4 Å². The number of aryl methyl sites for hydroxylation is 1. The molecule has 1 heterocycles. The first-order valence-corrected chi connectivity index (χ1v) is 7.66. The van der Waals surface area contributed by atoms with Crippen LogP contribution in [0.2, 0.25) is 0 Å². The Morgan fingerprint density at radius 2 is 2.06 bits per heavy atom. The Bertz CT molecular complexity index is 611. The molecule has 0 radical (unpaired) electrons. The third-order valence-electron chi connectivity index (χ3n) is 3.18. The Kier molecular flexibility index (Phi) is 3.12. The molecule has 3 rings (SSSR count). The largest absolute Gasteiger partial charge is 0.293 e. The fourth-order valence-corrected chi connectivity index (χ4v) is 3.64. The van der Waals surface area contributed by atoms with Crippen LogP contribution in [0.5, 0.6) is 0 Å². The highest BCUT2D eigenvalue weighted by atomic mass is 79.9. The zero-order chi connectivity index (χ0) is 12.7. The summed E-state index contributed by atoms with van der Waals surface area (Å²) in [5.74, 6) is 0.632. The molecule has 0 atom stereocenters. The Morgan fingerprint density at radius 3 is 2.78 bits per heavy atom. The summed E-state index contributed by atoms with van der Waals surface area (Å²) in [5, 5.41) is 0. The second kappa shape index (κ2) is 4.63. The molecule has 1 aromatic carbocycles. The van der Waals surface area contributed by atoms with E-state index in [1.54, 1.807) is 11.3 Å². The lowest BCUT2D eigenvalue weighted by molar-refractivity contribution is 0.0971. The first kappa shape index (κ1) is 12.1. The van der Waals surface area contributed by atoms with Gasteiger partial charge in [0.2, 0.25) is 0 Å². The summed E-state index contributed by atoms with van der Waals surface area (Å²) in [6, 6.07) is 10.3. The van der Waals surface area contributed by atoms with Crippen LogP contribution in [0, 0.1) is 12.8 Å². The Hall–Kier alpha value is -0.930. The average molecular weight is 321 g/mol. The predicted octanol–water partition coefficient (Wildman–Crippen LogP) is 5.08. The first-order valence-electron chi connectivity index (χ1n) is 6.06. The molecule has 18 heavy (non-hydrogen) atoms. The molecule has 0 spiro atoms. The van der Waals surface area contributed by atoms with E-state index in [2.05, 4.69) is 47.1 Å². The minimum Gasteiger partial charge on any atom is -0.293 e. The van der Waals surface area contributed by atoms with E-state index in [4.69, 9.17) is 0 Å². The fraction of sp³-hybridized carbons (Fsp3) is 0.267. The van der Waals surface area contributed by atoms with E-state index in [0.717, 1.165) is 27.1 Å². The summed E-state index contributed by atoms with van der Waals surface area (Å²) in [7, 11) is 0. The smallest absolute Gasteiger partial charge is 0.175 e. The lowest BCUT2D eigenvalue weighted by Gasteiger charge is -2.02. The van der Waals surface area contributed by atoms with Crippen LogP contribution in [-0.4, -0.2) is 5.78 Å². The number of benzene rings is 1. The maximum atomic E-state index is 12.0. The van der Waals surface area contributed by atoms with E-state index in [-0.39, 0.29) is 0 Å². The van der Waals surface area contributed by atoms with Crippen LogP contribution in [0.1, 0.15) is 28.1 Å². The van der Waals surface area contributed by atoms with Gasteiger partial charge in [-0.05, 0) is 44.0 Å². The summed E-state index contributed by atoms with van der Waals surface area (Å²) >= 11 is 5.18. The summed E-state index contributed by atoms with van der Waals surface area (Å²) in [6.45, 7) is 2.08. The monoisotopic (exact) mass is 320 g/mol. The summed E-state index contributed by atoms with van der Waals surface area (Å²) in [4.78, 5) is 14.1. The molecule has 1 aliphatic rings. The van der Waals surface area contributed by atoms with Gasteiger partial charge in [-0.15, -0.1) is 11.3 Å². The predicted molar refractivity (Wildman–Crippen MR) is 79.2 cm³/mol. The van der Waals surface area contributed by atoms with Gasteiger partial charge in [0.15, 0.2) is 5.78 Å². The number of rotatable bonds is 3. The summed E-state index contributed by atoms with van der Waals surface area (Å²) in [6.07, 6.45) is 2.14. The number of thiophene rings is 1. The van der Waals surface area contributed by atoms with E-state index in [1.165, 1.54) is 11.1 Å². The van der Waals surface area contributed by atoms with Crippen molar-refractivity contribution >= 4 is 33.0 Å². The fourth-order valence-electron chi connectivity index (χ4n) is 1.99. The Labute approximate surface area is 119 Å². The maximum Gasteiger partial charge on any atom is 0.175 e. The zero-order valence-corrected chi connectivity index (χ0v) is 12.5. The Balaban J connectivity index is 1.97. The number of halogens is 1. The molecule has 0 unspecified atom stereocenters. The summed E-state index contributed by atoms with van der Waals surface area (Å²) in [5.41, 5.74) is 2.41. The van der Waals surface area contributed by atoms with Gasteiger partial charge < -0.3 is 0 Å². The lowest BCUT2D eigenvalue weighted by Crippen LogP contribution is -1.96. The van der Waals surface area contributed by atoms with Gasteiger partial charge in [0.1, 0.15) is 0 Å². The van der Waals surface area contributed by atoms with Gasteiger partial charge in [0.05, 0.1) is 4.88 Å². The van der Waals surface area contributed by atoms with Crippen LogP contribution in [0.4, 0.5) is 0 Å². The van der Waals surface area contributed by atoms with Crippen molar-refractivity contribution in [3.05, 3.63) is 45.2 Å². The molecule has 0 amide bonds. The van der Waals surface area contributed by atoms with Crippen LogP contribution in [0.25, 0.3) is 10.4 Å². The molecule has 0 aliphatic heterocycles. The normalized spacial score (nSPS) is 14.8. The Morgan fingerprint density at radius 1 is 1.28 bits per heavy atom. The van der Waals surface area contributed by atoms with Crippen LogP contribution in [-0.2, 0) is 0 Å². The van der Waals surface area contributed by atoms with Crippen molar-refractivity contribution in [1.29, 1.82) is 0 Å². The molecule has 2 aromatic rings. The third-order valence-corrected chi connectivity index (χ3v) is 5.01. The van der Waals surface area contributed by atoms with Crippen molar-refractivity contribution in [2.75, 3.05) is 0 Å². The van der Waals surface area contributed by atoms with Gasteiger partial charge >= 0.3 is 0 Å². The van der Waals surface area contributed by atoms with E-state index in [0.29, 0.717) is 11.7 Å². The van der Waals surface area contributed by atoms with Crippen LogP contribution >= 0.6 is 27.3 Å². The molecule has 1 aliphatic carbocycles. The highest BCUT2D eigenvalue weighted by Crippen LogP contribution is 2.38. The topological polar surface area (TPSA) is 17.1 Å². The van der Waals surface area contributed by atoms with E-state index >= 15 is 0 Å². The molecule has 1 nitrogen and oxygen atoms in total. The van der Waals surface area contributed by atoms with Crippen molar-refractivity contribution < 1.29 is 4.79 Å². The standard InChI is InChI=1S/C15H13BrOS/c1-9-2-5-12(16)11(8-9)13-6-7-14(18-13)15(17)10-3-4-10/h2,5-8,10H,3-4H2,1H3. The first-order chi connectivity index (χ1) is 8.65. The van der Waals surface area contributed by atoms with E-state index < -0.39 is 0 Å². The number of Topliss-reactive ketones (excluding diaryl/α,β-unsaturated/α-hetero) is 1. The molecule has 1 saturated carbocycles. The van der Waals surface area contributed by atoms with Crippen LogP contribution in [0.15, 0.2) is 34.8 Å². The molecule has 0 bridgehead atoms. The number of hydrogen-bond donors (Lipinski definition) is 0. The second-order valence-corrected chi connectivity index (χ2v) is 6.72. The lowest BCUT2D eigenvalue weighted by atomic mass is 10.1. The molecule has 0 saturated heterocycles. The number of carbonyl (C=O) groups is 1. The molecule has 0 N–H and O–H groups in total. The van der Waals surface area contributed by atoms with Gasteiger partial charge in [-0.2, -0.15) is 0 Å². The molecular formula is C15H13BrOS. The van der Waals surface area contributed by atoms with Crippen molar-refractivity contribution in [3.63, 3.8) is 0 Å². The molecule has 1 aromatic heterocycles. The van der Waals surface area contributed by atoms with Crippen molar-refractivity contribution in [1.82, 2.24) is 0 Å².